The van der Waals surface area contributed by atoms with E-state index in [0.717, 1.165) is 11.1 Å². The van der Waals surface area contributed by atoms with E-state index in [1.165, 1.54) is 0 Å². The summed E-state index contributed by atoms with van der Waals surface area (Å²) in [5.41, 5.74) is 1.65. The number of hydrogen-bond donors (Lipinski definition) is 2. The van der Waals surface area contributed by atoms with Crippen LogP contribution in [0.15, 0.2) is 29.3 Å². The molecule has 0 bridgehead atoms. The third kappa shape index (κ3) is 3.71. The molecule has 5 heteroatoms. The number of benzene rings is 1. The maximum Gasteiger partial charge on any atom is 0.137 e. The van der Waals surface area contributed by atoms with Gasteiger partial charge in [-0.1, -0.05) is 24.3 Å². The fourth-order valence-electron chi connectivity index (χ4n) is 1.30. The topological polar surface area (TPSA) is 71.3 Å². The molecule has 1 atom stereocenters. The molecule has 0 spiro atoms. The first-order chi connectivity index (χ1) is 7.81. The van der Waals surface area contributed by atoms with Crippen molar-refractivity contribution >= 4 is 6.21 Å². The molecule has 0 saturated carbocycles. The average molecular weight is 225 g/mol. The third-order valence-electron chi connectivity index (χ3n) is 2.16. The molecule has 0 heterocycles. The zero-order valence-electron chi connectivity index (χ0n) is 9.04. The second-order valence-electron chi connectivity index (χ2n) is 3.23. The highest BCUT2D eigenvalue weighted by molar-refractivity contribution is 5.53. The van der Waals surface area contributed by atoms with Crippen molar-refractivity contribution in [3.8, 4) is 0 Å². The van der Waals surface area contributed by atoms with E-state index in [0.29, 0.717) is 6.54 Å². The van der Waals surface area contributed by atoms with Gasteiger partial charge in [0.15, 0.2) is 0 Å². The van der Waals surface area contributed by atoms with E-state index >= 15 is 0 Å². The van der Waals surface area contributed by atoms with E-state index in [2.05, 4.69) is 14.8 Å². The van der Waals surface area contributed by atoms with Gasteiger partial charge < -0.3 is 0 Å². The lowest BCUT2D eigenvalue weighted by Crippen LogP contribution is -2.06. The van der Waals surface area contributed by atoms with E-state index in [1.54, 1.807) is 37.4 Å². The second-order valence-corrected chi connectivity index (χ2v) is 3.23. The summed E-state index contributed by atoms with van der Waals surface area (Å²) in [7, 11) is 0. The minimum atomic E-state index is -0.472. The highest BCUT2D eigenvalue weighted by Crippen LogP contribution is 2.17. The zero-order valence-corrected chi connectivity index (χ0v) is 9.04. The van der Waals surface area contributed by atoms with Crippen LogP contribution >= 0.6 is 0 Å². The molecule has 0 aliphatic carbocycles. The Hall–Kier alpha value is -1.27. The van der Waals surface area contributed by atoms with Crippen LogP contribution in [0.4, 0.5) is 0 Å². The van der Waals surface area contributed by atoms with Crippen LogP contribution < -0.4 is 0 Å². The normalized spacial score (nSPS) is 13.2. The number of hydrogen-bond acceptors (Lipinski definition) is 5. The largest absolute Gasteiger partial charge is 0.295 e. The van der Waals surface area contributed by atoms with Gasteiger partial charge in [-0.25, -0.2) is 9.78 Å². The lowest BCUT2D eigenvalue weighted by molar-refractivity contribution is -0.278. The molecule has 16 heavy (non-hydrogen) atoms. The fourth-order valence-corrected chi connectivity index (χ4v) is 1.30. The summed E-state index contributed by atoms with van der Waals surface area (Å²) in [5.74, 6) is 0. The highest BCUT2D eigenvalue weighted by Gasteiger charge is 2.10. The molecule has 1 aromatic carbocycles. The van der Waals surface area contributed by atoms with Gasteiger partial charge in [0.1, 0.15) is 12.7 Å². The van der Waals surface area contributed by atoms with E-state index < -0.39 is 6.10 Å². The van der Waals surface area contributed by atoms with E-state index in [1.807, 2.05) is 0 Å². The summed E-state index contributed by atoms with van der Waals surface area (Å²) < 4.78 is 0. The smallest absolute Gasteiger partial charge is 0.137 e. The molecule has 1 rings (SSSR count). The van der Waals surface area contributed by atoms with E-state index in [9.17, 15) is 0 Å². The summed E-state index contributed by atoms with van der Waals surface area (Å²) >= 11 is 0. The molecule has 1 aromatic rings. The molecule has 0 fully saturated rings. The summed E-state index contributed by atoms with van der Waals surface area (Å²) in [6, 6.07) is 7.15. The van der Waals surface area contributed by atoms with Crippen molar-refractivity contribution in [1.29, 1.82) is 0 Å². The van der Waals surface area contributed by atoms with Crippen LogP contribution in [0.2, 0.25) is 0 Å². The Balaban J connectivity index is 2.69. The van der Waals surface area contributed by atoms with Crippen LogP contribution in [-0.2, 0) is 16.4 Å². The van der Waals surface area contributed by atoms with Gasteiger partial charge in [-0.2, -0.15) is 0 Å². The summed E-state index contributed by atoms with van der Waals surface area (Å²) in [4.78, 5) is 12.4. The van der Waals surface area contributed by atoms with Gasteiger partial charge in [-0.15, -0.1) is 0 Å². The van der Waals surface area contributed by atoms with Crippen LogP contribution in [0.5, 0.6) is 0 Å². The Morgan fingerprint density at radius 2 is 2.00 bits per heavy atom. The molecule has 0 radical (unpaired) electrons. The second kappa shape index (κ2) is 7.08. The predicted octanol–water partition coefficient (Wildman–Crippen LogP) is 2.30. The maximum absolute atomic E-state index is 8.74. The van der Waals surface area contributed by atoms with Crippen molar-refractivity contribution < 1.29 is 20.3 Å². The molecule has 0 saturated heterocycles. The Bertz CT molecular complexity index is 323. The van der Waals surface area contributed by atoms with Crippen molar-refractivity contribution in [2.75, 3.05) is 6.54 Å². The fraction of sp³-hybridized carbons (Fsp3) is 0.364. The summed E-state index contributed by atoms with van der Waals surface area (Å²) in [6.45, 7) is 2.30. The quantitative estimate of drug-likeness (QED) is 0.442. The molecular formula is C11H15NO4. The maximum atomic E-state index is 8.74. The summed E-state index contributed by atoms with van der Waals surface area (Å²) in [6.07, 6.45) is 1.18. The molecule has 0 amide bonds. The van der Waals surface area contributed by atoms with Crippen molar-refractivity contribution in [3.05, 3.63) is 35.4 Å². The van der Waals surface area contributed by atoms with Crippen LogP contribution in [0, 0.1) is 0 Å². The van der Waals surface area contributed by atoms with E-state index in [4.69, 9.17) is 10.5 Å². The van der Waals surface area contributed by atoms with Gasteiger partial charge in [0.2, 0.25) is 0 Å². The van der Waals surface area contributed by atoms with Gasteiger partial charge in [0.05, 0.1) is 6.54 Å². The van der Waals surface area contributed by atoms with Crippen molar-refractivity contribution in [1.82, 2.24) is 0 Å². The van der Waals surface area contributed by atoms with Gasteiger partial charge >= 0.3 is 0 Å². The Morgan fingerprint density at radius 3 is 2.50 bits per heavy atom. The monoisotopic (exact) mass is 225 g/mol. The van der Waals surface area contributed by atoms with Gasteiger partial charge in [0.25, 0.3) is 0 Å². The van der Waals surface area contributed by atoms with Gasteiger partial charge in [0, 0.05) is 0 Å². The molecular weight excluding hydrogens is 210 g/mol. The predicted molar refractivity (Wildman–Crippen MR) is 59.3 cm³/mol. The van der Waals surface area contributed by atoms with Gasteiger partial charge in [-0.05, 0) is 24.3 Å². The molecule has 5 nitrogen and oxygen atoms in total. The Morgan fingerprint density at radius 1 is 1.31 bits per heavy atom. The molecule has 0 aromatic heterocycles. The number of aliphatic imine (C=N–C) groups is 1. The van der Waals surface area contributed by atoms with E-state index in [-0.39, 0.29) is 6.61 Å². The Kier molecular flexibility index (Phi) is 5.66. The molecule has 2 N–H and O–H groups in total. The molecule has 0 aliphatic rings. The lowest BCUT2D eigenvalue weighted by Gasteiger charge is -2.11. The SMILES string of the molecule is CC=NCC(OO)c1ccc(COO)cc1. The summed E-state index contributed by atoms with van der Waals surface area (Å²) in [5, 5.41) is 17.0. The third-order valence-corrected chi connectivity index (χ3v) is 2.16. The van der Waals surface area contributed by atoms with Crippen LogP contribution in [0.25, 0.3) is 0 Å². The van der Waals surface area contributed by atoms with Crippen molar-refractivity contribution in [3.63, 3.8) is 0 Å². The first-order valence-corrected chi connectivity index (χ1v) is 4.91. The van der Waals surface area contributed by atoms with Crippen LogP contribution in [0.1, 0.15) is 24.2 Å². The first-order valence-electron chi connectivity index (χ1n) is 4.91. The average Bonchev–Trinajstić information content (AvgIpc) is 2.32. The molecule has 1 unspecified atom stereocenters. The van der Waals surface area contributed by atoms with Crippen molar-refractivity contribution in [2.24, 2.45) is 4.99 Å². The Labute approximate surface area is 93.8 Å². The van der Waals surface area contributed by atoms with Gasteiger partial charge in [-0.3, -0.25) is 15.5 Å². The van der Waals surface area contributed by atoms with Crippen LogP contribution in [0.3, 0.4) is 0 Å². The first kappa shape index (κ1) is 12.8. The standard InChI is InChI=1S/C11H15NO4/c1-2-12-7-11(16-14)10-5-3-9(4-6-10)8-15-13/h2-6,11,13-14H,7-8H2,1H3. The minimum absolute atomic E-state index is 0.137. The molecule has 88 valence electrons. The molecule has 0 aliphatic heterocycles. The van der Waals surface area contributed by atoms with Crippen molar-refractivity contribution in [2.45, 2.75) is 19.6 Å². The number of nitrogens with zero attached hydrogens (tertiary/aromatic N) is 1. The van der Waals surface area contributed by atoms with Crippen LogP contribution in [-0.4, -0.2) is 23.3 Å². The minimum Gasteiger partial charge on any atom is -0.295 e. The zero-order chi connectivity index (χ0) is 11.8. The lowest BCUT2D eigenvalue weighted by atomic mass is 10.1. The number of rotatable bonds is 6. The highest BCUT2D eigenvalue weighted by atomic mass is 17.1.